The van der Waals surface area contributed by atoms with Gasteiger partial charge in [0.15, 0.2) is 0 Å². The van der Waals surface area contributed by atoms with Crippen LogP contribution >= 0.6 is 0 Å². The van der Waals surface area contributed by atoms with Crippen molar-refractivity contribution in [3.63, 3.8) is 0 Å². The fraction of sp³-hybridized carbons (Fsp3) is 0.955. The van der Waals surface area contributed by atoms with Crippen molar-refractivity contribution < 1.29 is 9.53 Å². The van der Waals surface area contributed by atoms with Gasteiger partial charge in [0.25, 0.3) is 0 Å². The summed E-state index contributed by atoms with van der Waals surface area (Å²) in [5.41, 5.74) is 5.06. The van der Waals surface area contributed by atoms with Crippen LogP contribution in [0.5, 0.6) is 0 Å². The predicted octanol–water partition coefficient (Wildman–Crippen LogP) is 6.89. The third-order valence-electron chi connectivity index (χ3n) is 4.49. The molecule has 0 aliphatic heterocycles. The molecule has 0 aliphatic carbocycles. The topological polar surface area (TPSA) is 50.4 Å². The van der Waals surface area contributed by atoms with Crippen molar-refractivity contribution in [2.24, 2.45) is 0 Å². The highest BCUT2D eigenvalue weighted by molar-refractivity contribution is 5.66. The highest BCUT2D eigenvalue weighted by Gasteiger charge is 2.15. The quantitative estimate of drug-likeness (QED) is 0.216. The van der Waals surface area contributed by atoms with Crippen LogP contribution in [0, 0.1) is 0 Å². The van der Waals surface area contributed by atoms with E-state index in [4.69, 9.17) is 4.74 Å². The average molecular weight is 371 g/mol. The molecule has 26 heavy (non-hydrogen) atoms. The number of carbonyl (C=O) groups is 1. The maximum Gasteiger partial charge on any atom is 0.422 e. The zero-order valence-electron chi connectivity index (χ0n) is 18.1. The average Bonchev–Trinajstić information content (AvgIpc) is 2.56. The van der Waals surface area contributed by atoms with Crippen LogP contribution in [-0.2, 0) is 4.74 Å². The number of amides is 1. The van der Waals surface area contributed by atoms with E-state index in [1.165, 1.54) is 89.9 Å². The van der Waals surface area contributed by atoms with Gasteiger partial charge in [-0.05, 0) is 27.2 Å². The van der Waals surface area contributed by atoms with Crippen molar-refractivity contribution in [3.8, 4) is 0 Å². The first-order chi connectivity index (χ1) is 12.5. The van der Waals surface area contributed by atoms with Crippen LogP contribution in [0.25, 0.3) is 0 Å². The van der Waals surface area contributed by atoms with E-state index in [1.807, 2.05) is 20.8 Å². The first-order valence-corrected chi connectivity index (χ1v) is 11.2. The Kier molecular flexibility index (Phi) is 17.1. The first-order valence-electron chi connectivity index (χ1n) is 11.2. The predicted molar refractivity (Wildman–Crippen MR) is 112 cm³/mol. The van der Waals surface area contributed by atoms with E-state index in [0.29, 0.717) is 0 Å². The molecule has 4 heteroatoms. The molecule has 0 radical (unpaired) electrons. The van der Waals surface area contributed by atoms with E-state index in [0.717, 1.165) is 13.0 Å². The van der Waals surface area contributed by atoms with E-state index in [9.17, 15) is 4.79 Å². The third-order valence-corrected chi connectivity index (χ3v) is 4.49. The molecule has 0 bridgehead atoms. The first kappa shape index (κ1) is 25.2. The maximum atomic E-state index is 11.4. The van der Waals surface area contributed by atoms with Gasteiger partial charge in [-0.1, -0.05) is 96.8 Å². The fourth-order valence-corrected chi connectivity index (χ4v) is 3.02. The number of hydrazine groups is 1. The van der Waals surface area contributed by atoms with Crippen molar-refractivity contribution in [1.82, 2.24) is 10.9 Å². The van der Waals surface area contributed by atoms with Crippen molar-refractivity contribution >= 4 is 6.09 Å². The van der Waals surface area contributed by atoms with Gasteiger partial charge in [0.05, 0.1) is 0 Å². The van der Waals surface area contributed by atoms with Gasteiger partial charge in [0.1, 0.15) is 5.60 Å². The minimum atomic E-state index is -0.444. The molecule has 0 rings (SSSR count). The van der Waals surface area contributed by atoms with E-state index >= 15 is 0 Å². The van der Waals surface area contributed by atoms with Crippen LogP contribution in [0.1, 0.15) is 124 Å². The zero-order valence-corrected chi connectivity index (χ0v) is 18.1. The van der Waals surface area contributed by atoms with Crippen LogP contribution in [-0.4, -0.2) is 18.2 Å². The van der Waals surface area contributed by atoms with Crippen LogP contribution in [0.3, 0.4) is 0 Å². The number of rotatable bonds is 17. The van der Waals surface area contributed by atoms with Gasteiger partial charge in [0, 0.05) is 6.54 Å². The zero-order chi connectivity index (χ0) is 19.5. The van der Waals surface area contributed by atoms with Gasteiger partial charge in [-0.2, -0.15) is 0 Å². The molecule has 0 heterocycles. The van der Waals surface area contributed by atoms with Crippen LogP contribution in [0.2, 0.25) is 0 Å². The Morgan fingerprint density at radius 2 is 1.08 bits per heavy atom. The second-order valence-electron chi connectivity index (χ2n) is 8.50. The second kappa shape index (κ2) is 17.6. The van der Waals surface area contributed by atoms with E-state index < -0.39 is 11.7 Å². The molecule has 0 atom stereocenters. The third kappa shape index (κ3) is 21.3. The largest absolute Gasteiger partial charge is 0.443 e. The highest BCUT2D eigenvalue weighted by atomic mass is 16.6. The summed E-state index contributed by atoms with van der Waals surface area (Å²) in [4.78, 5) is 11.4. The lowest BCUT2D eigenvalue weighted by molar-refractivity contribution is 0.0498. The molecule has 0 saturated carbocycles. The summed E-state index contributed by atoms with van der Waals surface area (Å²) in [6.07, 6.45) is 20.1. The summed E-state index contributed by atoms with van der Waals surface area (Å²) in [5.74, 6) is 0. The Balaban J connectivity index is 3.12. The van der Waals surface area contributed by atoms with Crippen LogP contribution in [0.4, 0.5) is 4.79 Å². The Hall–Kier alpha value is -0.770. The molecule has 0 aliphatic rings. The number of unbranched alkanes of at least 4 members (excludes halogenated alkanes) is 14. The Morgan fingerprint density at radius 1 is 0.692 bits per heavy atom. The summed E-state index contributed by atoms with van der Waals surface area (Å²) in [7, 11) is 0. The summed E-state index contributed by atoms with van der Waals surface area (Å²) >= 11 is 0. The minimum Gasteiger partial charge on any atom is -0.443 e. The molecule has 0 unspecified atom stereocenters. The lowest BCUT2D eigenvalue weighted by Crippen LogP contribution is -2.41. The molecule has 4 nitrogen and oxygen atoms in total. The van der Waals surface area contributed by atoms with Crippen molar-refractivity contribution in [2.45, 2.75) is 130 Å². The maximum absolute atomic E-state index is 11.4. The van der Waals surface area contributed by atoms with E-state index in [2.05, 4.69) is 17.8 Å². The number of ether oxygens (including phenoxy) is 1. The standard InChI is InChI=1S/C22H46N2O2/c1-5-6-7-8-9-10-11-12-13-14-15-16-17-18-19-20-23-24-21(25)26-22(2,3)4/h23H,5-20H2,1-4H3,(H,24,25). The molecular weight excluding hydrogens is 324 g/mol. The molecule has 1 amide bonds. The van der Waals surface area contributed by atoms with Gasteiger partial charge < -0.3 is 4.74 Å². The Bertz CT molecular complexity index is 314. The number of hydrogen-bond donors (Lipinski definition) is 2. The van der Waals surface area contributed by atoms with Crippen LogP contribution in [0.15, 0.2) is 0 Å². The van der Waals surface area contributed by atoms with Gasteiger partial charge >= 0.3 is 6.09 Å². The molecule has 0 aromatic carbocycles. The summed E-state index contributed by atoms with van der Waals surface area (Å²) in [6, 6.07) is 0. The number of hydrogen-bond acceptors (Lipinski definition) is 3. The summed E-state index contributed by atoms with van der Waals surface area (Å²) in [5, 5.41) is 0. The Labute approximate surface area is 163 Å². The van der Waals surface area contributed by atoms with Crippen LogP contribution < -0.4 is 10.9 Å². The van der Waals surface area contributed by atoms with Gasteiger partial charge in [0.2, 0.25) is 0 Å². The highest BCUT2D eigenvalue weighted by Crippen LogP contribution is 2.13. The second-order valence-corrected chi connectivity index (χ2v) is 8.50. The normalized spacial score (nSPS) is 11.5. The van der Waals surface area contributed by atoms with Crippen molar-refractivity contribution in [1.29, 1.82) is 0 Å². The summed E-state index contributed by atoms with van der Waals surface area (Å²) in [6.45, 7) is 8.67. The van der Waals surface area contributed by atoms with E-state index in [1.54, 1.807) is 0 Å². The van der Waals surface area contributed by atoms with E-state index in [-0.39, 0.29) is 0 Å². The number of carbonyl (C=O) groups excluding carboxylic acids is 1. The Morgan fingerprint density at radius 3 is 1.46 bits per heavy atom. The fourth-order valence-electron chi connectivity index (χ4n) is 3.02. The molecule has 2 N–H and O–H groups in total. The molecular formula is C22H46N2O2. The van der Waals surface area contributed by atoms with Gasteiger partial charge in [-0.15, -0.1) is 0 Å². The molecule has 0 saturated heterocycles. The minimum absolute atomic E-state index is 0.404. The molecule has 0 aromatic heterocycles. The van der Waals surface area contributed by atoms with Gasteiger partial charge in [-0.25, -0.2) is 10.2 Å². The lowest BCUT2D eigenvalue weighted by atomic mass is 10.0. The summed E-state index contributed by atoms with van der Waals surface area (Å²) < 4.78 is 5.15. The SMILES string of the molecule is CCCCCCCCCCCCCCCCCNNC(=O)OC(C)(C)C. The smallest absolute Gasteiger partial charge is 0.422 e. The van der Waals surface area contributed by atoms with Crippen molar-refractivity contribution in [2.75, 3.05) is 6.54 Å². The molecule has 156 valence electrons. The van der Waals surface area contributed by atoms with Gasteiger partial charge in [-0.3, -0.25) is 5.43 Å². The number of nitrogens with one attached hydrogen (secondary N) is 2. The van der Waals surface area contributed by atoms with Crippen molar-refractivity contribution in [3.05, 3.63) is 0 Å². The molecule has 0 spiro atoms. The monoisotopic (exact) mass is 370 g/mol. The molecule has 0 fully saturated rings. The molecule has 0 aromatic rings. The lowest BCUT2D eigenvalue weighted by Gasteiger charge is -2.19.